The van der Waals surface area contributed by atoms with Crippen molar-refractivity contribution in [1.29, 1.82) is 0 Å². The van der Waals surface area contributed by atoms with Crippen molar-refractivity contribution < 1.29 is 14.6 Å². The largest absolute Gasteiger partial charge is 0.429 e. The fraction of sp³-hybridized carbons (Fsp3) is 0.700. The van der Waals surface area contributed by atoms with Gasteiger partial charge in [0.1, 0.15) is 0 Å². The molecule has 4 nitrogen and oxygen atoms in total. The van der Waals surface area contributed by atoms with E-state index < -0.39 is 11.8 Å². The van der Waals surface area contributed by atoms with Gasteiger partial charge in [-0.15, -0.1) is 0 Å². The van der Waals surface area contributed by atoms with E-state index in [0.29, 0.717) is 6.42 Å². The van der Waals surface area contributed by atoms with Crippen LogP contribution in [0.5, 0.6) is 0 Å². The number of likely N-dealkylation sites (N-methyl/N-ethyl adjacent to an activating group) is 1. The molecular weight excluding hydrogens is 182 g/mol. The van der Waals surface area contributed by atoms with E-state index in [1.807, 2.05) is 0 Å². The molecule has 1 N–H and O–H groups in total. The molecule has 0 aliphatic carbocycles. The zero-order valence-corrected chi connectivity index (χ0v) is 9.33. The van der Waals surface area contributed by atoms with Gasteiger partial charge in [0.25, 0.3) is 0 Å². The first-order chi connectivity index (χ1) is 6.30. The molecule has 0 spiro atoms. The highest BCUT2D eigenvalue weighted by Crippen LogP contribution is 2.14. The molecule has 0 saturated carbocycles. The van der Waals surface area contributed by atoms with E-state index in [4.69, 9.17) is 4.74 Å². The third kappa shape index (κ3) is 4.39. The maximum atomic E-state index is 11.2. The molecule has 0 aromatic rings. The molecule has 1 atom stereocenters. The van der Waals surface area contributed by atoms with E-state index in [-0.39, 0.29) is 12.1 Å². The quantitative estimate of drug-likeness (QED) is 0.405. The van der Waals surface area contributed by atoms with Crippen LogP contribution in [0.4, 0.5) is 0 Å². The molecule has 0 rings (SSSR count). The van der Waals surface area contributed by atoms with Crippen molar-refractivity contribution in [2.24, 2.45) is 0 Å². The van der Waals surface area contributed by atoms with Crippen molar-refractivity contribution in [2.45, 2.75) is 26.1 Å². The number of carbonyl (C=O) groups is 1. The molecular formula is C10H19NO3. The SMILES string of the molecule is C=C(C)C(=O)OC(O)(CC)CN(C)C. The van der Waals surface area contributed by atoms with Gasteiger partial charge in [-0.2, -0.15) is 0 Å². The van der Waals surface area contributed by atoms with Gasteiger partial charge < -0.3 is 14.7 Å². The van der Waals surface area contributed by atoms with Crippen LogP contribution in [0.3, 0.4) is 0 Å². The molecule has 82 valence electrons. The summed E-state index contributed by atoms with van der Waals surface area (Å²) >= 11 is 0. The Morgan fingerprint density at radius 2 is 2.07 bits per heavy atom. The van der Waals surface area contributed by atoms with Crippen LogP contribution in [0.1, 0.15) is 20.3 Å². The summed E-state index contributed by atoms with van der Waals surface area (Å²) in [6.45, 7) is 7.04. The van der Waals surface area contributed by atoms with Gasteiger partial charge in [0.15, 0.2) is 0 Å². The highest BCUT2D eigenvalue weighted by Gasteiger charge is 2.30. The highest BCUT2D eigenvalue weighted by atomic mass is 16.7. The summed E-state index contributed by atoms with van der Waals surface area (Å²) in [6.07, 6.45) is 0.351. The smallest absolute Gasteiger partial charge is 0.335 e. The third-order valence-electron chi connectivity index (χ3n) is 1.75. The van der Waals surface area contributed by atoms with Gasteiger partial charge in [-0.05, 0) is 21.0 Å². The molecule has 0 aromatic heterocycles. The van der Waals surface area contributed by atoms with E-state index >= 15 is 0 Å². The Balaban J connectivity index is 4.39. The van der Waals surface area contributed by atoms with E-state index in [9.17, 15) is 9.90 Å². The average Bonchev–Trinajstić information content (AvgIpc) is 2.02. The second kappa shape index (κ2) is 5.12. The maximum Gasteiger partial charge on any atom is 0.335 e. The van der Waals surface area contributed by atoms with Crippen LogP contribution in [0, 0.1) is 0 Å². The first-order valence-corrected chi connectivity index (χ1v) is 4.56. The molecule has 0 aliphatic heterocycles. The molecule has 0 amide bonds. The molecule has 0 bridgehead atoms. The summed E-state index contributed by atoms with van der Waals surface area (Å²) in [4.78, 5) is 13.0. The Morgan fingerprint density at radius 3 is 2.36 bits per heavy atom. The molecule has 1 unspecified atom stereocenters. The summed E-state index contributed by atoms with van der Waals surface area (Å²) < 4.78 is 4.93. The summed E-state index contributed by atoms with van der Waals surface area (Å²) in [7, 11) is 3.60. The van der Waals surface area contributed by atoms with Crippen molar-refractivity contribution in [1.82, 2.24) is 4.90 Å². The Kier molecular flexibility index (Phi) is 4.80. The fourth-order valence-corrected chi connectivity index (χ4v) is 0.970. The third-order valence-corrected chi connectivity index (χ3v) is 1.75. The minimum absolute atomic E-state index is 0.280. The van der Waals surface area contributed by atoms with Gasteiger partial charge in [0.05, 0.1) is 6.54 Å². The lowest BCUT2D eigenvalue weighted by Gasteiger charge is -2.29. The first kappa shape index (κ1) is 13.1. The van der Waals surface area contributed by atoms with Crippen molar-refractivity contribution in [3.63, 3.8) is 0 Å². The number of hydrogen-bond acceptors (Lipinski definition) is 4. The number of ether oxygens (including phenoxy) is 1. The van der Waals surface area contributed by atoms with E-state index in [1.54, 1.807) is 32.8 Å². The van der Waals surface area contributed by atoms with Crippen molar-refractivity contribution in [2.75, 3.05) is 20.6 Å². The van der Waals surface area contributed by atoms with Crippen LogP contribution in [0.25, 0.3) is 0 Å². The zero-order valence-electron chi connectivity index (χ0n) is 9.33. The molecule has 0 aliphatic rings. The minimum Gasteiger partial charge on any atom is -0.429 e. The van der Waals surface area contributed by atoms with E-state index in [1.165, 1.54) is 0 Å². The predicted molar refractivity (Wildman–Crippen MR) is 54.7 cm³/mol. The lowest BCUT2D eigenvalue weighted by molar-refractivity contribution is -0.210. The fourth-order valence-electron chi connectivity index (χ4n) is 0.970. The number of hydrogen-bond donors (Lipinski definition) is 1. The molecule has 0 fully saturated rings. The number of carbonyl (C=O) groups excluding carboxylic acids is 1. The van der Waals surface area contributed by atoms with E-state index in [0.717, 1.165) is 0 Å². The Bertz CT molecular complexity index is 225. The zero-order chi connectivity index (χ0) is 11.4. The highest BCUT2D eigenvalue weighted by molar-refractivity contribution is 5.87. The number of rotatable bonds is 5. The molecule has 0 heterocycles. The summed E-state index contributed by atoms with van der Waals surface area (Å²) in [5.41, 5.74) is 0.288. The number of nitrogens with zero attached hydrogens (tertiary/aromatic N) is 1. The van der Waals surface area contributed by atoms with Crippen LogP contribution in [-0.2, 0) is 9.53 Å². The Hall–Kier alpha value is -0.870. The minimum atomic E-state index is -1.42. The van der Waals surface area contributed by atoms with Gasteiger partial charge in [0.2, 0.25) is 5.79 Å². The van der Waals surface area contributed by atoms with Gasteiger partial charge in [0, 0.05) is 12.0 Å². The van der Waals surface area contributed by atoms with Crippen LogP contribution < -0.4 is 0 Å². The molecule has 0 saturated heterocycles. The lowest BCUT2D eigenvalue weighted by Crippen LogP contribution is -2.43. The predicted octanol–water partition coefficient (Wildman–Crippen LogP) is 0.766. The summed E-state index contributed by atoms with van der Waals surface area (Å²) in [6, 6.07) is 0. The molecule has 0 aromatic carbocycles. The summed E-state index contributed by atoms with van der Waals surface area (Å²) in [5.74, 6) is -1.98. The van der Waals surface area contributed by atoms with Crippen LogP contribution in [0.2, 0.25) is 0 Å². The van der Waals surface area contributed by atoms with Crippen molar-refractivity contribution in [3.05, 3.63) is 12.2 Å². The summed E-state index contributed by atoms with van der Waals surface area (Å²) in [5, 5.41) is 9.88. The number of aliphatic hydroxyl groups is 1. The topological polar surface area (TPSA) is 49.8 Å². The van der Waals surface area contributed by atoms with E-state index in [2.05, 4.69) is 6.58 Å². The Labute approximate surface area is 85.2 Å². The second-order valence-corrected chi connectivity index (χ2v) is 3.71. The normalized spacial score (nSPS) is 15.0. The van der Waals surface area contributed by atoms with Crippen LogP contribution in [-0.4, -0.2) is 42.4 Å². The maximum absolute atomic E-state index is 11.2. The van der Waals surface area contributed by atoms with Crippen molar-refractivity contribution in [3.8, 4) is 0 Å². The second-order valence-electron chi connectivity index (χ2n) is 3.71. The standard InChI is InChI=1S/C10H19NO3/c1-6-10(13,7-11(4)5)14-9(12)8(2)3/h13H,2,6-7H2,1,3-5H3. The monoisotopic (exact) mass is 201 g/mol. The van der Waals surface area contributed by atoms with Gasteiger partial charge >= 0.3 is 5.97 Å². The number of esters is 1. The van der Waals surface area contributed by atoms with Crippen LogP contribution in [0.15, 0.2) is 12.2 Å². The average molecular weight is 201 g/mol. The van der Waals surface area contributed by atoms with Crippen molar-refractivity contribution >= 4 is 5.97 Å². The Morgan fingerprint density at radius 1 is 1.57 bits per heavy atom. The molecule has 4 heteroatoms. The van der Waals surface area contributed by atoms with Gasteiger partial charge in [-0.1, -0.05) is 13.5 Å². The van der Waals surface area contributed by atoms with Gasteiger partial charge in [-0.3, -0.25) is 0 Å². The van der Waals surface area contributed by atoms with Crippen LogP contribution >= 0.6 is 0 Å². The lowest BCUT2D eigenvalue weighted by atomic mass is 10.2. The molecule has 14 heavy (non-hydrogen) atoms. The van der Waals surface area contributed by atoms with Gasteiger partial charge in [-0.25, -0.2) is 4.79 Å². The first-order valence-electron chi connectivity index (χ1n) is 4.56. The molecule has 0 radical (unpaired) electrons.